The number of aliphatic hydroxyl groups excluding tert-OH is 1. The Morgan fingerprint density at radius 2 is 1.92 bits per heavy atom. The van der Waals surface area contributed by atoms with Crippen molar-refractivity contribution in [3.05, 3.63) is 29.8 Å². The summed E-state index contributed by atoms with van der Waals surface area (Å²) in [5.41, 5.74) is 0.242. The van der Waals surface area contributed by atoms with E-state index in [-0.39, 0.29) is 55.4 Å². The van der Waals surface area contributed by atoms with E-state index in [1.807, 2.05) is 13.8 Å². The lowest BCUT2D eigenvalue weighted by Gasteiger charge is -2.34. The molecule has 0 bridgehead atoms. The highest BCUT2D eigenvalue weighted by Gasteiger charge is 2.34. The van der Waals surface area contributed by atoms with Crippen LogP contribution in [0, 0.1) is 11.8 Å². The lowest BCUT2D eigenvalue weighted by Crippen LogP contribution is -2.55. The van der Waals surface area contributed by atoms with Gasteiger partial charge in [-0.15, -0.1) is 0 Å². The minimum atomic E-state index is -1.13. The van der Waals surface area contributed by atoms with Crippen molar-refractivity contribution >= 4 is 23.6 Å². The van der Waals surface area contributed by atoms with Gasteiger partial charge in [0.2, 0.25) is 17.7 Å². The highest BCUT2D eigenvalue weighted by Crippen LogP contribution is 2.21. The molecule has 1 fully saturated rings. The van der Waals surface area contributed by atoms with E-state index in [2.05, 4.69) is 10.6 Å². The van der Waals surface area contributed by atoms with Gasteiger partial charge in [0.05, 0.1) is 18.5 Å². The third-order valence-corrected chi connectivity index (χ3v) is 6.61. The summed E-state index contributed by atoms with van der Waals surface area (Å²) in [6, 6.07) is 4.80. The van der Waals surface area contributed by atoms with Crippen molar-refractivity contribution in [1.82, 2.24) is 20.4 Å². The standard InChI is InChI=1S/C26H38N4O6/c1-17(2)13-20-25(34)29(3)11-12-36-22-9-5-4-8-19(22)24(33)28-21(14-23(32)27-20)26(35)30-10-6-7-18(15-30)16-31/h4-5,8-9,17-18,20-21,31H,6-7,10-16H2,1-3H3,(H,27,32)(H,28,33)/t18?,20-,21-/m0/s1. The molecule has 3 N–H and O–H groups in total. The molecule has 4 amide bonds. The largest absolute Gasteiger partial charge is 0.491 e. The van der Waals surface area contributed by atoms with Crippen molar-refractivity contribution in [1.29, 1.82) is 0 Å². The highest BCUT2D eigenvalue weighted by molar-refractivity contribution is 6.01. The first kappa shape index (κ1) is 27.4. The first-order chi connectivity index (χ1) is 17.2. The van der Waals surface area contributed by atoms with Crippen LogP contribution < -0.4 is 15.4 Å². The summed E-state index contributed by atoms with van der Waals surface area (Å²) < 4.78 is 5.83. The number of rotatable bonds is 4. The Labute approximate surface area is 212 Å². The second-order valence-electron chi connectivity index (χ2n) is 10.1. The van der Waals surface area contributed by atoms with E-state index in [0.29, 0.717) is 25.3 Å². The van der Waals surface area contributed by atoms with Crippen LogP contribution in [0.4, 0.5) is 0 Å². The minimum absolute atomic E-state index is 0.0292. The summed E-state index contributed by atoms with van der Waals surface area (Å²) >= 11 is 0. The summed E-state index contributed by atoms with van der Waals surface area (Å²) in [7, 11) is 1.65. The number of fused-ring (bicyclic) bond motifs is 1. The van der Waals surface area contributed by atoms with Gasteiger partial charge in [-0.1, -0.05) is 26.0 Å². The zero-order valence-electron chi connectivity index (χ0n) is 21.4. The predicted molar refractivity (Wildman–Crippen MR) is 133 cm³/mol. The molecule has 1 unspecified atom stereocenters. The number of piperidine rings is 1. The second-order valence-corrected chi connectivity index (χ2v) is 10.1. The zero-order chi connectivity index (χ0) is 26.2. The molecule has 1 saturated heterocycles. The summed E-state index contributed by atoms with van der Waals surface area (Å²) in [6.45, 7) is 5.19. The molecule has 36 heavy (non-hydrogen) atoms. The number of amides is 4. The number of hydrogen-bond donors (Lipinski definition) is 3. The summed E-state index contributed by atoms with van der Waals surface area (Å²) in [4.78, 5) is 56.0. The van der Waals surface area contributed by atoms with E-state index < -0.39 is 23.9 Å². The minimum Gasteiger partial charge on any atom is -0.491 e. The maximum Gasteiger partial charge on any atom is 0.255 e. The molecule has 10 heteroatoms. The summed E-state index contributed by atoms with van der Waals surface area (Å²) in [6.07, 6.45) is 1.68. The Kier molecular flexibility index (Phi) is 9.69. The van der Waals surface area contributed by atoms with E-state index in [0.717, 1.165) is 12.8 Å². The number of nitrogens with zero attached hydrogens (tertiary/aromatic N) is 2. The fourth-order valence-electron chi connectivity index (χ4n) is 4.65. The number of aliphatic hydroxyl groups is 1. The summed E-state index contributed by atoms with van der Waals surface area (Å²) in [5.74, 6) is -1.18. The number of ether oxygens (including phenoxy) is 1. The molecule has 0 radical (unpaired) electrons. The number of benzene rings is 1. The van der Waals surface area contributed by atoms with Crippen molar-refractivity contribution < 1.29 is 29.0 Å². The number of carbonyl (C=O) groups excluding carboxylic acids is 4. The van der Waals surface area contributed by atoms with Crippen LogP contribution >= 0.6 is 0 Å². The molecule has 1 aromatic rings. The van der Waals surface area contributed by atoms with Gasteiger partial charge in [-0.3, -0.25) is 19.2 Å². The van der Waals surface area contributed by atoms with Crippen LogP contribution in [-0.2, 0) is 14.4 Å². The molecule has 198 valence electrons. The molecule has 3 atom stereocenters. The third-order valence-electron chi connectivity index (χ3n) is 6.61. The van der Waals surface area contributed by atoms with Crippen LogP contribution in [0.2, 0.25) is 0 Å². The lowest BCUT2D eigenvalue weighted by molar-refractivity contribution is -0.139. The van der Waals surface area contributed by atoms with Gasteiger partial charge in [0.15, 0.2) is 0 Å². The molecule has 2 heterocycles. The van der Waals surface area contributed by atoms with Gasteiger partial charge in [-0.25, -0.2) is 0 Å². The monoisotopic (exact) mass is 502 g/mol. The Morgan fingerprint density at radius 3 is 2.64 bits per heavy atom. The molecule has 0 saturated carbocycles. The van der Waals surface area contributed by atoms with Crippen LogP contribution in [0.25, 0.3) is 0 Å². The van der Waals surface area contributed by atoms with Crippen LogP contribution in [-0.4, -0.2) is 90.5 Å². The Hall–Kier alpha value is -3.14. The fraction of sp³-hybridized carbons (Fsp3) is 0.615. The maximum atomic E-state index is 13.5. The topological polar surface area (TPSA) is 128 Å². The van der Waals surface area contributed by atoms with Gasteiger partial charge in [0.25, 0.3) is 5.91 Å². The van der Waals surface area contributed by atoms with Crippen molar-refractivity contribution in [2.45, 2.75) is 51.6 Å². The molecule has 2 aliphatic rings. The lowest BCUT2D eigenvalue weighted by atomic mass is 9.97. The average molecular weight is 503 g/mol. The van der Waals surface area contributed by atoms with Crippen LogP contribution in [0.1, 0.15) is 49.9 Å². The number of carbonyl (C=O) groups is 4. The van der Waals surface area contributed by atoms with E-state index >= 15 is 0 Å². The number of para-hydroxylation sites is 1. The van der Waals surface area contributed by atoms with E-state index in [4.69, 9.17) is 4.74 Å². The zero-order valence-corrected chi connectivity index (χ0v) is 21.4. The van der Waals surface area contributed by atoms with Crippen LogP contribution in [0.15, 0.2) is 24.3 Å². The number of likely N-dealkylation sites (N-methyl/N-ethyl adjacent to an activating group) is 1. The highest BCUT2D eigenvalue weighted by atomic mass is 16.5. The van der Waals surface area contributed by atoms with Crippen LogP contribution in [0.3, 0.4) is 0 Å². The average Bonchev–Trinajstić information content (AvgIpc) is 2.86. The predicted octanol–water partition coefficient (Wildman–Crippen LogP) is 0.788. The molecule has 10 nitrogen and oxygen atoms in total. The molecule has 3 rings (SSSR count). The first-order valence-electron chi connectivity index (χ1n) is 12.7. The molecule has 1 aromatic carbocycles. The fourth-order valence-corrected chi connectivity index (χ4v) is 4.65. The van der Waals surface area contributed by atoms with E-state index in [1.165, 1.54) is 4.90 Å². The number of hydrogen-bond acceptors (Lipinski definition) is 6. The molecule has 2 aliphatic heterocycles. The van der Waals surface area contributed by atoms with Gasteiger partial charge >= 0.3 is 0 Å². The Balaban J connectivity index is 1.91. The van der Waals surface area contributed by atoms with Gasteiger partial charge in [-0.05, 0) is 43.2 Å². The number of nitrogens with one attached hydrogen (secondary N) is 2. The quantitative estimate of drug-likeness (QED) is 0.559. The SMILES string of the molecule is CC(C)C[C@@H]1NC(=O)C[C@@H](C(=O)N2CCCC(CO)C2)NC(=O)c2ccccc2OCCN(C)C1=O. The van der Waals surface area contributed by atoms with Gasteiger partial charge in [0.1, 0.15) is 24.4 Å². The Morgan fingerprint density at radius 1 is 1.17 bits per heavy atom. The molecule has 0 aliphatic carbocycles. The van der Waals surface area contributed by atoms with Crippen LogP contribution in [0.5, 0.6) is 5.75 Å². The van der Waals surface area contributed by atoms with Crippen molar-refractivity contribution in [3.8, 4) is 5.75 Å². The summed E-state index contributed by atoms with van der Waals surface area (Å²) in [5, 5.41) is 15.1. The molecule has 0 spiro atoms. The van der Waals surface area contributed by atoms with E-state index in [1.54, 1.807) is 36.2 Å². The molecule has 0 aromatic heterocycles. The van der Waals surface area contributed by atoms with Crippen molar-refractivity contribution in [2.24, 2.45) is 11.8 Å². The van der Waals surface area contributed by atoms with E-state index in [9.17, 15) is 24.3 Å². The van der Waals surface area contributed by atoms with Crippen molar-refractivity contribution in [2.75, 3.05) is 39.9 Å². The smallest absolute Gasteiger partial charge is 0.255 e. The van der Waals surface area contributed by atoms with Gasteiger partial charge in [0, 0.05) is 26.7 Å². The molecular formula is C26H38N4O6. The van der Waals surface area contributed by atoms with Gasteiger partial charge in [-0.2, -0.15) is 0 Å². The van der Waals surface area contributed by atoms with Crippen molar-refractivity contribution in [3.63, 3.8) is 0 Å². The Bertz CT molecular complexity index is 952. The normalized spacial score (nSPS) is 24.4. The third kappa shape index (κ3) is 7.19. The van der Waals surface area contributed by atoms with Gasteiger partial charge < -0.3 is 30.3 Å². The number of likely N-dealkylation sites (tertiary alicyclic amines) is 1. The molecular weight excluding hydrogens is 464 g/mol. The first-order valence-corrected chi connectivity index (χ1v) is 12.7. The second kappa shape index (κ2) is 12.7. The maximum absolute atomic E-state index is 13.5.